The maximum absolute atomic E-state index is 11.4. The van der Waals surface area contributed by atoms with Crippen molar-refractivity contribution in [2.24, 2.45) is 0 Å². The minimum atomic E-state index is -1.40. The summed E-state index contributed by atoms with van der Waals surface area (Å²) in [6, 6.07) is 2.12. The van der Waals surface area contributed by atoms with Crippen molar-refractivity contribution in [1.29, 1.82) is 0 Å². The number of rotatable bonds is 4. The maximum Gasteiger partial charge on any atom is 0.342 e. The van der Waals surface area contributed by atoms with Gasteiger partial charge in [-0.3, -0.25) is 0 Å². The molecule has 0 aliphatic heterocycles. The number of ether oxygens (including phenoxy) is 1. The van der Waals surface area contributed by atoms with Crippen LogP contribution in [-0.4, -0.2) is 33.9 Å². The molecule has 0 amide bonds. The Hall–Kier alpha value is -2.24. The highest BCUT2D eigenvalue weighted by Crippen LogP contribution is 2.33. The Morgan fingerprint density at radius 1 is 1.18 bits per heavy atom. The number of carbonyl (C=O) groups is 2. The second-order valence-corrected chi connectivity index (χ2v) is 3.30. The summed E-state index contributed by atoms with van der Waals surface area (Å²) in [4.78, 5) is 22.1. The van der Waals surface area contributed by atoms with Crippen LogP contribution in [0.3, 0.4) is 0 Å². The van der Waals surface area contributed by atoms with Crippen LogP contribution in [0.4, 0.5) is 0 Å². The topological polar surface area (TPSA) is 104 Å². The number of phenolic OH excluding ortho intramolecular Hbond substituents is 1. The summed E-state index contributed by atoms with van der Waals surface area (Å²) in [5, 5.41) is 27.5. The van der Waals surface area contributed by atoms with Gasteiger partial charge in [0.15, 0.2) is 11.5 Å². The molecule has 92 valence electrons. The van der Waals surface area contributed by atoms with Crippen molar-refractivity contribution < 1.29 is 29.6 Å². The number of carboxylic acid groups (broad SMARTS) is 1. The molecule has 1 aromatic rings. The first-order chi connectivity index (χ1) is 7.99. The van der Waals surface area contributed by atoms with Crippen molar-refractivity contribution in [2.45, 2.75) is 13.3 Å². The quantitative estimate of drug-likeness (QED) is 0.542. The highest BCUT2D eigenvalue weighted by molar-refractivity contribution is 5.98. The third-order valence-electron chi connectivity index (χ3n) is 2.04. The first-order valence-corrected chi connectivity index (χ1v) is 4.94. The van der Waals surface area contributed by atoms with Crippen LogP contribution in [0.25, 0.3) is 0 Å². The van der Waals surface area contributed by atoms with Gasteiger partial charge in [-0.1, -0.05) is 6.92 Å². The summed E-state index contributed by atoms with van der Waals surface area (Å²) in [6.45, 7) is 1.98. The van der Waals surface area contributed by atoms with E-state index in [0.717, 1.165) is 12.1 Å². The fraction of sp³-hybridized carbons (Fsp3) is 0.273. The predicted molar refractivity (Wildman–Crippen MR) is 57.3 cm³/mol. The summed E-state index contributed by atoms with van der Waals surface area (Å²) < 4.78 is 4.76. The van der Waals surface area contributed by atoms with Crippen molar-refractivity contribution in [1.82, 2.24) is 0 Å². The standard InChI is InChI=1S/C11H12O6/c1-2-5-17-11(16)7-4-3-6(10(14)15)8(12)9(7)13/h3-4,12-13H,2,5H2,1H3,(H,14,15). The normalized spacial score (nSPS) is 9.94. The van der Waals surface area contributed by atoms with Gasteiger partial charge in [-0.05, 0) is 18.6 Å². The van der Waals surface area contributed by atoms with E-state index in [4.69, 9.17) is 9.84 Å². The minimum Gasteiger partial charge on any atom is -0.504 e. The number of benzene rings is 1. The predicted octanol–water partition coefficient (Wildman–Crippen LogP) is 1.36. The average Bonchev–Trinajstić information content (AvgIpc) is 2.29. The molecule has 1 aromatic carbocycles. The Labute approximate surface area is 97.1 Å². The van der Waals surface area contributed by atoms with E-state index in [1.807, 2.05) is 0 Å². The molecular formula is C11H12O6. The molecule has 0 atom stereocenters. The third kappa shape index (κ3) is 2.66. The Balaban J connectivity index is 3.08. The number of carbonyl (C=O) groups excluding carboxylic acids is 1. The molecule has 0 saturated heterocycles. The lowest BCUT2D eigenvalue weighted by atomic mass is 10.1. The summed E-state index contributed by atoms with van der Waals surface area (Å²) in [7, 11) is 0. The van der Waals surface area contributed by atoms with Gasteiger partial charge in [-0.25, -0.2) is 9.59 Å². The van der Waals surface area contributed by atoms with Crippen LogP contribution >= 0.6 is 0 Å². The molecule has 0 aliphatic carbocycles. The van der Waals surface area contributed by atoms with Crippen LogP contribution in [0.5, 0.6) is 11.5 Å². The number of phenols is 2. The lowest BCUT2D eigenvalue weighted by Gasteiger charge is -2.08. The van der Waals surface area contributed by atoms with E-state index in [-0.39, 0.29) is 12.2 Å². The molecule has 1 rings (SSSR count). The van der Waals surface area contributed by atoms with Crippen LogP contribution in [-0.2, 0) is 4.74 Å². The highest BCUT2D eigenvalue weighted by atomic mass is 16.5. The van der Waals surface area contributed by atoms with E-state index in [1.165, 1.54) is 0 Å². The van der Waals surface area contributed by atoms with Crippen molar-refractivity contribution in [2.75, 3.05) is 6.61 Å². The summed E-state index contributed by atoms with van der Waals surface area (Å²) >= 11 is 0. The Morgan fingerprint density at radius 2 is 1.71 bits per heavy atom. The number of aromatic carboxylic acids is 1. The molecule has 6 heteroatoms. The number of aromatic hydroxyl groups is 2. The molecule has 0 bridgehead atoms. The zero-order valence-electron chi connectivity index (χ0n) is 9.14. The maximum atomic E-state index is 11.4. The van der Waals surface area contributed by atoms with Crippen molar-refractivity contribution >= 4 is 11.9 Å². The van der Waals surface area contributed by atoms with Gasteiger partial charge >= 0.3 is 11.9 Å². The Bertz CT molecular complexity index is 452. The molecule has 0 unspecified atom stereocenters. The monoisotopic (exact) mass is 240 g/mol. The van der Waals surface area contributed by atoms with Gasteiger partial charge in [0, 0.05) is 0 Å². The summed E-state index contributed by atoms with van der Waals surface area (Å²) in [5.74, 6) is -3.84. The number of esters is 1. The first-order valence-electron chi connectivity index (χ1n) is 4.94. The molecule has 0 aromatic heterocycles. The third-order valence-corrected chi connectivity index (χ3v) is 2.04. The molecule has 0 heterocycles. The van der Waals surface area contributed by atoms with Gasteiger partial charge in [0.2, 0.25) is 0 Å². The largest absolute Gasteiger partial charge is 0.504 e. The van der Waals surface area contributed by atoms with Gasteiger partial charge in [0.05, 0.1) is 6.61 Å². The van der Waals surface area contributed by atoms with E-state index in [9.17, 15) is 19.8 Å². The molecule has 0 radical (unpaired) electrons. The summed E-state index contributed by atoms with van der Waals surface area (Å²) in [6.07, 6.45) is 0.617. The van der Waals surface area contributed by atoms with Gasteiger partial charge in [0.25, 0.3) is 0 Å². The molecule has 6 nitrogen and oxygen atoms in total. The van der Waals surface area contributed by atoms with Gasteiger partial charge in [-0.15, -0.1) is 0 Å². The van der Waals surface area contributed by atoms with Crippen LogP contribution in [0.1, 0.15) is 34.1 Å². The zero-order valence-corrected chi connectivity index (χ0v) is 9.14. The lowest BCUT2D eigenvalue weighted by Crippen LogP contribution is -2.07. The van der Waals surface area contributed by atoms with Crippen molar-refractivity contribution in [3.05, 3.63) is 23.3 Å². The van der Waals surface area contributed by atoms with Gasteiger partial charge in [0.1, 0.15) is 11.1 Å². The molecule has 0 spiro atoms. The van der Waals surface area contributed by atoms with Gasteiger partial charge in [-0.2, -0.15) is 0 Å². The molecule has 3 N–H and O–H groups in total. The molecule has 0 aliphatic rings. The van der Waals surface area contributed by atoms with E-state index < -0.39 is 29.0 Å². The summed E-state index contributed by atoms with van der Waals surface area (Å²) in [5.41, 5.74) is -0.740. The number of hydrogen-bond donors (Lipinski definition) is 3. The minimum absolute atomic E-state index is 0.180. The van der Waals surface area contributed by atoms with E-state index >= 15 is 0 Å². The Kier molecular flexibility index (Phi) is 3.92. The highest BCUT2D eigenvalue weighted by Gasteiger charge is 2.21. The van der Waals surface area contributed by atoms with Crippen LogP contribution in [0.2, 0.25) is 0 Å². The zero-order chi connectivity index (χ0) is 13.0. The molecule has 0 fully saturated rings. The van der Waals surface area contributed by atoms with E-state index in [0.29, 0.717) is 6.42 Å². The van der Waals surface area contributed by atoms with E-state index in [2.05, 4.69) is 0 Å². The lowest BCUT2D eigenvalue weighted by molar-refractivity contribution is 0.0499. The molecule has 17 heavy (non-hydrogen) atoms. The second kappa shape index (κ2) is 5.20. The second-order valence-electron chi connectivity index (χ2n) is 3.30. The van der Waals surface area contributed by atoms with Crippen LogP contribution in [0, 0.1) is 0 Å². The van der Waals surface area contributed by atoms with E-state index in [1.54, 1.807) is 6.92 Å². The smallest absolute Gasteiger partial charge is 0.342 e. The fourth-order valence-electron chi connectivity index (χ4n) is 1.19. The Morgan fingerprint density at radius 3 is 2.24 bits per heavy atom. The van der Waals surface area contributed by atoms with Crippen molar-refractivity contribution in [3.63, 3.8) is 0 Å². The average molecular weight is 240 g/mol. The number of hydrogen-bond acceptors (Lipinski definition) is 5. The van der Waals surface area contributed by atoms with Gasteiger partial charge < -0.3 is 20.1 Å². The fourth-order valence-corrected chi connectivity index (χ4v) is 1.19. The van der Waals surface area contributed by atoms with Crippen LogP contribution in [0.15, 0.2) is 12.1 Å². The first kappa shape index (κ1) is 12.8. The molecular weight excluding hydrogens is 228 g/mol. The molecule has 0 saturated carbocycles. The van der Waals surface area contributed by atoms with Crippen LogP contribution < -0.4 is 0 Å². The SMILES string of the molecule is CCCOC(=O)c1ccc(C(=O)O)c(O)c1O. The number of carboxylic acids is 1. The van der Waals surface area contributed by atoms with Crippen molar-refractivity contribution in [3.8, 4) is 11.5 Å².